The first-order valence-corrected chi connectivity index (χ1v) is 8.20. The number of aliphatic carboxylic acids is 1. The predicted molar refractivity (Wildman–Crippen MR) is 84.2 cm³/mol. The molecule has 20 heavy (non-hydrogen) atoms. The Kier molecular flexibility index (Phi) is 5.11. The lowest BCUT2D eigenvalue weighted by Gasteiger charge is -2.37. The summed E-state index contributed by atoms with van der Waals surface area (Å²) in [5, 5.41) is 12.9. The van der Waals surface area contributed by atoms with E-state index >= 15 is 0 Å². The van der Waals surface area contributed by atoms with Crippen LogP contribution in [-0.2, 0) is 10.5 Å². The highest BCUT2D eigenvalue weighted by molar-refractivity contribution is 7.99. The maximum Gasteiger partial charge on any atom is 0.323 e. The van der Waals surface area contributed by atoms with Crippen molar-refractivity contribution in [2.45, 2.75) is 49.1 Å². The number of nitrogens with one attached hydrogen (secondary N) is 1. The third kappa shape index (κ3) is 3.55. The highest BCUT2D eigenvalue weighted by Crippen LogP contribution is 2.36. The van der Waals surface area contributed by atoms with Crippen LogP contribution >= 0.6 is 11.8 Å². The van der Waals surface area contributed by atoms with Gasteiger partial charge in [-0.3, -0.25) is 4.79 Å². The Balaban J connectivity index is 1.95. The molecule has 0 aromatic heterocycles. The molecule has 0 heterocycles. The fraction of sp³-hybridized carbons (Fsp3) is 0.562. The van der Waals surface area contributed by atoms with Gasteiger partial charge < -0.3 is 10.4 Å². The summed E-state index contributed by atoms with van der Waals surface area (Å²) in [6, 6.07) is 8.54. The van der Waals surface area contributed by atoms with Gasteiger partial charge in [0.05, 0.1) is 0 Å². The van der Waals surface area contributed by atoms with Gasteiger partial charge in [-0.05, 0) is 45.2 Å². The average molecular weight is 293 g/mol. The minimum atomic E-state index is -0.720. The molecule has 2 unspecified atom stereocenters. The quantitative estimate of drug-likeness (QED) is 0.875. The minimum Gasteiger partial charge on any atom is -0.480 e. The zero-order chi connectivity index (χ0) is 14.6. The van der Waals surface area contributed by atoms with E-state index in [-0.39, 0.29) is 0 Å². The van der Waals surface area contributed by atoms with Crippen LogP contribution in [0.2, 0.25) is 0 Å². The molecule has 1 aromatic carbocycles. The molecule has 0 amide bonds. The topological polar surface area (TPSA) is 49.3 Å². The van der Waals surface area contributed by atoms with Crippen LogP contribution in [0.1, 0.15) is 36.8 Å². The second-order valence-electron chi connectivity index (χ2n) is 5.66. The van der Waals surface area contributed by atoms with Gasteiger partial charge in [0, 0.05) is 11.0 Å². The fourth-order valence-electron chi connectivity index (χ4n) is 2.91. The normalized spacial score (nSPS) is 26.4. The molecule has 2 N–H and O–H groups in total. The molecule has 1 aliphatic carbocycles. The van der Waals surface area contributed by atoms with Crippen molar-refractivity contribution < 1.29 is 9.90 Å². The Morgan fingerprint density at radius 1 is 1.55 bits per heavy atom. The maximum atomic E-state index is 11.5. The van der Waals surface area contributed by atoms with Crippen LogP contribution in [0.3, 0.4) is 0 Å². The van der Waals surface area contributed by atoms with Gasteiger partial charge in [-0.2, -0.15) is 11.8 Å². The molecule has 1 fully saturated rings. The number of aryl methyl sites for hydroxylation is 1. The van der Waals surface area contributed by atoms with Gasteiger partial charge >= 0.3 is 5.97 Å². The molecule has 0 radical (unpaired) electrons. The first-order chi connectivity index (χ1) is 9.55. The molecule has 2 atom stereocenters. The average Bonchev–Trinajstić information content (AvgIpc) is 2.45. The number of carboxylic acid groups (broad SMARTS) is 1. The maximum absolute atomic E-state index is 11.5. The fourth-order valence-corrected chi connectivity index (χ4v) is 4.25. The lowest BCUT2D eigenvalue weighted by atomic mass is 9.81. The van der Waals surface area contributed by atoms with Crippen molar-refractivity contribution >= 4 is 17.7 Å². The second-order valence-corrected chi connectivity index (χ2v) is 6.94. The van der Waals surface area contributed by atoms with Crippen LogP contribution in [-0.4, -0.2) is 28.9 Å². The lowest BCUT2D eigenvalue weighted by molar-refractivity contribution is -0.146. The van der Waals surface area contributed by atoms with E-state index in [1.165, 1.54) is 11.1 Å². The molecule has 110 valence electrons. The summed E-state index contributed by atoms with van der Waals surface area (Å²) in [5.74, 6) is 0.257. The number of likely N-dealkylation sites (N-methyl/N-ethyl adjacent to an activating group) is 1. The highest BCUT2D eigenvalue weighted by Gasteiger charge is 2.41. The zero-order valence-corrected chi connectivity index (χ0v) is 13.0. The molecular weight excluding hydrogens is 270 g/mol. The Bertz CT molecular complexity index is 477. The molecule has 0 spiro atoms. The van der Waals surface area contributed by atoms with Crippen molar-refractivity contribution in [3.8, 4) is 0 Å². The largest absolute Gasteiger partial charge is 0.480 e. The molecule has 4 heteroatoms. The Hall–Kier alpha value is -1.00. The van der Waals surface area contributed by atoms with E-state index in [2.05, 4.69) is 36.5 Å². The standard InChI is InChI=1S/C16H23NO2S/c1-12-5-3-6-13(9-12)11-20-14-7-4-8-16(10-14,17-2)15(18)19/h3,5-6,9,14,17H,4,7-8,10-11H2,1-2H3,(H,18,19). The van der Waals surface area contributed by atoms with Crippen molar-refractivity contribution in [2.24, 2.45) is 0 Å². The Labute approximate surface area is 125 Å². The summed E-state index contributed by atoms with van der Waals surface area (Å²) in [5.41, 5.74) is 1.88. The number of thioether (sulfide) groups is 1. The lowest BCUT2D eigenvalue weighted by Crippen LogP contribution is -2.53. The minimum absolute atomic E-state index is 0.424. The van der Waals surface area contributed by atoms with Crippen molar-refractivity contribution in [3.05, 3.63) is 35.4 Å². The van der Waals surface area contributed by atoms with Gasteiger partial charge in [0.2, 0.25) is 0 Å². The summed E-state index contributed by atoms with van der Waals surface area (Å²) in [6.07, 6.45) is 3.56. The summed E-state index contributed by atoms with van der Waals surface area (Å²) >= 11 is 1.89. The summed E-state index contributed by atoms with van der Waals surface area (Å²) < 4.78 is 0. The third-order valence-electron chi connectivity index (χ3n) is 4.16. The van der Waals surface area contributed by atoms with Gasteiger partial charge in [0.15, 0.2) is 0 Å². The molecule has 0 bridgehead atoms. The van der Waals surface area contributed by atoms with Crippen molar-refractivity contribution in [3.63, 3.8) is 0 Å². The van der Waals surface area contributed by atoms with Crippen LogP contribution in [0.4, 0.5) is 0 Å². The number of rotatable bonds is 5. The molecule has 1 aliphatic rings. The van der Waals surface area contributed by atoms with E-state index in [1.54, 1.807) is 7.05 Å². The second kappa shape index (κ2) is 6.64. The number of carboxylic acids is 1. The Morgan fingerprint density at radius 2 is 2.35 bits per heavy atom. The number of benzene rings is 1. The van der Waals surface area contributed by atoms with Crippen molar-refractivity contribution in [2.75, 3.05) is 7.05 Å². The van der Waals surface area contributed by atoms with Crippen LogP contribution in [0.25, 0.3) is 0 Å². The summed E-state index contributed by atoms with van der Waals surface area (Å²) in [7, 11) is 1.77. The first kappa shape index (κ1) is 15.4. The smallest absolute Gasteiger partial charge is 0.323 e. The van der Waals surface area contributed by atoms with Gasteiger partial charge in [0.25, 0.3) is 0 Å². The number of hydrogen-bond acceptors (Lipinski definition) is 3. The Morgan fingerprint density at radius 3 is 3.00 bits per heavy atom. The SMILES string of the molecule is CNC1(C(=O)O)CCCC(SCc2cccc(C)c2)C1. The van der Waals surface area contributed by atoms with Gasteiger partial charge in [-0.1, -0.05) is 29.8 Å². The molecule has 1 saturated carbocycles. The van der Waals surface area contributed by atoms with E-state index < -0.39 is 11.5 Å². The van der Waals surface area contributed by atoms with E-state index in [0.29, 0.717) is 5.25 Å². The summed E-state index contributed by atoms with van der Waals surface area (Å²) in [6.45, 7) is 2.10. The first-order valence-electron chi connectivity index (χ1n) is 7.15. The van der Waals surface area contributed by atoms with Crippen LogP contribution in [0.5, 0.6) is 0 Å². The number of hydrogen-bond donors (Lipinski definition) is 2. The third-order valence-corrected chi connectivity index (χ3v) is 5.54. The van der Waals surface area contributed by atoms with Gasteiger partial charge in [-0.25, -0.2) is 0 Å². The van der Waals surface area contributed by atoms with E-state index in [1.807, 2.05) is 11.8 Å². The van der Waals surface area contributed by atoms with Gasteiger partial charge in [-0.15, -0.1) is 0 Å². The number of carbonyl (C=O) groups is 1. The molecule has 2 rings (SSSR count). The summed E-state index contributed by atoms with van der Waals surface area (Å²) in [4.78, 5) is 11.5. The highest BCUT2D eigenvalue weighted by atomic mass is 32.2. The van der Waals surface area contributed by atoms with Crippen molar-refractivity contribution in [1.29, 1.82) is 0 Å². The van der Waals surface area contributed by atoms with E-state index in [0.717, 1.165) is 31.4 Å². The van der Waals surface area contributed by atoms with Gasteiger partial charge in [0.1, 0.15) is 5.54 Å². The van der Waals surface area contributed by atoms with Crippen LogP contribution in [0, 0.1) is 6.92 Å². The van der Waals surface area contributed by atoms with Crippen molar-refractivity contribution in [1.82, 2.24) is 5.32 Å². The monoisotopic (exact) mass is 293 g/mol. The molecule has 0 saturated heterocycles. The van der Waals surface area contributed by atoms with E-state index in [9.17, 15) is 9.90 Å². The van der Waals surface area contributed by atoms with Crippen LogP contribution < -0.4 is 5.32 Å². The molecule has 0 aliphatic heterocycles. The zero-order valence-electron chi connectivity index (χ0n) is 12.2. The predicted octanol–water partition coefficient (Wildman–Crippen LogP) is 3.21. The molecule has 3 nitrogen and oxygen atoms in total. The van der Waals surface area contributed by atoms with Crippen LogP contribution in [0.15, 0.2) is 24.3 Å². The molecule has 1 aromatic rings. The molecular formula is C16H23NO2S. The van der Waals surface area contributed by atoms with E-state index in [4.69, 9.17) is 0 Å².